The van der Waals surface area contributed by atoms with Crippen molar-refractivity contribution in [1.82, 2.24) is 10.2 Å². The Morgan fingerprint density at radius 2 is 2.05 bits per heavy atom. The van der Waals surface area contributed by atoms with Crippen LogP contribution in [0, 0.1) is 5.92 Å². The highest BCUT2D eigenvalue weighted by molar-refractivity contribution is 5.80. The second-order valence-corrected chi connectivity index (χ2v) is 6.77. The maximum Gasteiger partial charge on any atom is 0.194 e. The standard InChI is InChI=1S/C18H25N3O/c1-2-6-17-15(5-1)11-14(13-22-17)12-19-18(20-16-7-8-16)21-9-3-4-10-21/h1-2,5-6,14,16H,3-4,7-13H2,(H,19,20)/t14-/m0/s1. The summed E-state index contributed by atoms with van der Waals surface area (Å²) in [6, 6.07) is 9.05. The van der Waals surface area contributed by atoms with E-state index in [1.54, 1.807) is 0 Å². The SMILES string of the molecule is c1ccc2c(c1)C[C@@H](CN=C(NC1CC1)N1CCCC1)CO2. The first-order valence-electron chi connectivity index (χ1n) is 8.65. The molecule has 2 fully saturated rings. The van der Waals surface area contributed by atoms with E-state index < -0.39 is 0 Å². The molecule has 4 rings (SSSR count). The Kier molecular flexibility index (Phi) is 3.92. The monoisotopic (exact) mass is 299 g/mol. The Morgan fingerprint density at radius 1 is 1.23 bits per heavy atom. The summed E-state index contributed by atoms with van der Waals surface area (Å²) in [4.78, 5) is 7.36. The van der Waals surface area contributed by atoms with Crippen molar-refractivity contribution < 1.29 is 4.74 Å². The summed E-state index contributed by atoms with van der Waals surface area (Å²) in [7, 11) is 0. The molecule has 2 aliphatic heterocycles. The summed E-state index contributed by atoms with van der Waals surface area (Å²) in [5.74, 6) is 2.69. The van der Waals surface area contributed by atoms with Gasteiger partial charge in [-0.3, -0.25) is 4.99 Å². The Hall–Kier alpha value is -1.71. The molecule has 22 heavy (non-hydrogen) atoms. The Morgan fingerprint density at radius 3 is 2.86 bits per heavy atom. The molecule has 1 aromatic rings. The number of ether oxygens (including phenoxy) is 1. The summed E-state index contributed by atoms with van der Waals surface area (Å²) in [5, 5.41) is 3.63. The van der Waals surface area contributed by atoms with E-state index in [4.69, 9.17) is 9.73 Å². The molecule has 2 heterocycles. The number of nitrogens with one attached hydrogen (secondary N) is 1. The van der Waals surface area contributed by atoms with Gasteiger partial charge in [-0.15, -0.1) is 0 Å². The highest BCUT2D eigenvalue weighted by atomic mass is 16.5. The van der Waals surface area contributed by atoms with E-state index >= 15 is 0 Å². The summed E-state index contributed by atoms with van der Waals surface area (Å²) in [6.45, 7) is 3.96. The molecule has 1 saturated carbocycles. The van der Waals surface area contributed by atoms with E-state index in [-0.39, 0.29) is 0 Å². The van der Waals surface area contributed by atoms with E-state index in [1.165, 1.54) is 31.2 Å². The fourth-order valence-corrected chi connectivity index (χ4v) is 3.30. The van der Waals surface area contributed by atoms with Crippen molar-refractivity contribution in [3.05, 3.63) is 29.8 Å². The number of fused-ring (bicyclic) bond motifs is 1. The van der Waals surface area contributed by atoms with Gasteiger partial charge in [0.15, 0.2) is 5.96 Å². The van der Waals surface area contributed by atoms with Crippen LogP contribution in [-0.4, -0.2) is 43.1 Å². The van der Waals surface area contributed by atoms with Crippen LogP contribution in [-0.2, 0) is 6.42 Å². The normalized spacial score (nSPS) is 24.8. The zero-order valence-electron chi connectivity index (χ0n) is 13.1. The van der Waals surface area contributed by atoms with Crippen molar-refractivity contribution in [2.24, 2.45) is 10.9 Å². The van der Waals surface area contributed by atoms with Gasteiger partial charge in [-0.1, -0.05) is 18.2 Å². The first kappa shape index (κ1) is 13.9. The van der Waals surface area contributed by atoms with E-state index in [0.717, 1.165) is 44.4 Å². The van der Waals surface area contributed by atoms with Crippen molar-refractivity contribution in [1.29, 1.82) is 0 Å². The lowest BCUT2D eigenvalue weighted by molar-refractivity contribution is 0.226. The number of nitrogens with zero attached hydrogens (tertiary/aromatic N) is 2. The molecule has 0 spiro atoms. The second-order valence-electron chi connectivity index (χ2n) is 6.77. The van der Waals surface area contributed by atoms with E-state index in [1.807, 2.05) is 6.07 Å². The smallest absolute Gasteiger partial charge is 0.194 e. The molecule has 4 heteroatoms. The topological polar surface area (TPSA) is 36.9 Å². The van der Waals surface area contributed by atoms with Gasteiger partial charge in [0.1, 0.15) is 5.75 Å². The molecule has 1 atom stereocenters. The predicted molar refractivity (Wildman–Crippen MR) is 88.4 cm³/mol. The van der Waals surface area contributed by atoms with Gasteiger partial charge >= 0.3 is 0 Å². The van der Waals surface area contributed by atoms with Crippen LogP contribution in [0.25, 0.3) is 0 Å². The summed E-state index contributed by atoms with van der Waals surface area (Å²) in [6.07, 6.45) is 6.27. The third-order valence-electron chi connectivity index (χ3n) is 4.77. The third-order valence-corrected chi connectivity index (χ3v) is 4.77. The molecule has 1 aliphatic carbocycles. The predicted octanol–water partition coefficient (Wildman–Crippen LogP) is 2.44. The Balaban J connectivity index is 1.40. The van der Waals surface area contributed by atoms with Crippen LogP contribution >= 0.6 is 0 Å². The number of hydrogen-bond acceptors (Lipinski definition) is 2. The second kappa shape index (κ2) is 6.19. The fraction of sp³-hybridized carbons (Fsp3) is 0.611. The number of likely N-dealkylation sites (tertiary alicyclic amines) is 1. The van der Waals surface area contributed by atoms with Crippen molar-refractivity contribution in [3.63, 3.8) is 0 Å². The summed E-state index contributed by atoms with van der Waals surface area (Å²) in [5.41, 5.74) is 1.33. The lowest BCUT2D eigenvalue weighted by Crippen LogP contribution is -2.41. The van der Waals surface area contributed by atoms with Crippen molar-refractivity contribution in [3.8, 4) is 5.75 Å². The van der Waals surface area contributed by atoms with Crippen LogP contribution in [0.2, 0.25) is 0 Å². The lowest BCUT2D eigenvalue weighted by atomic mass is 9.97. The molecule has 4 nitrogen and oxygen atoms in total. The van der Waals surface area contributed by atoms with E-state index in [2.05, 4.69) is 28.4 Å². The molecular weight excluding hydrogens is 274 g/mol. The van der Waals surface area contributed by atoms with Gasteiger partial charge in [0.05, 0.1) is 6.61 Å². The van der Waals surface area contributed by atoms with Gasteiger partial charge < -0.3 is 15.0 Å². The van der Waals surface area contributed by atoms with Crippen LogP contribution in [0.15, 0.2) is 29.3 Å². The minimum atomic E-state index is 0.494. The zero-order valence-corrected chi connectivity index (χ0v) is 13.1. The van der Waals surface area contributed by atoms with Gasteiger partial charge in [-0.05, 0) is 43.7 Å². The van der Waals surface area contributed by atoms with Crippen LogP contribution in [0.5, 0.6) is 5.75 Å². The van der Waals surface area contributed by atoms with Gasteiger partial charge in [0, 0.05) is 31.6 Å². The number of aliphatic imine (C=N–C) groups is 1. The van der Waals surface area contributed by atoms with Crippen molar-refractivity contribution in [2.75, 3.05) is 26.2 Å². The highest BCUT2D eigenvalue weighted by Gasteiger charge is 2.26. The molecule has 1 saturated heterocycles. The van der Waals surface area contributed by atoms with Gasteiger partial charge in [-0.25, -0.2) is 0 Å². The van der Waals surface area contributed by atoms with E-state index in [9.17, 15) is 0 Å². The third kappa shape index (κ3) is 3.21. The molecule has 0 unspecified atom stereocenters. The number of hydrogen-bond donors (Lipinski definition) is 1. The zero-order chi connectivity index (χ0) is 14.8. The number of benzene rings is 1. The lowest BCUT2D eigenvalue weighted by Gasteiger charge is -2.26. The minimum Gasteiger partial charge on any atom is -0.493 e. The maximum absolute atomic E-state index is 5.88. The molecule has 118 valence electrons. The van der Waals surface area contributed by atoms with Crippen LogP contribution in [0.3, 0.4) is 0 Å². The van der Waals surface area contributed by atoms with Gasteiger partial charge in [0.2, 0.25) is 0 Å². The summed E-state index contributed by atoms with van der Waals surface area (Å²) >= 11 is 0. The molecule has 3 aliphatic rings. The number of rotatable bonds is 3. The highest BCUT2D eigenvalue weighted by Crippen LogP contribution is 2.27. The average molecular weight is 299 g/mol. The first-order valence-corrected chi connectivity index (χ1v) is 8.65. The quantitative estimate of drug-likeness (QED) is 0.688. The fourth-order valence-electron chi connectivity index (χ4n) is 3.30. The summed E-state index contributed by atoms with van der Waals surface area (Å²) < 4.78 is 5.88. The van der Waals surface area contributed by atoms with Gasteiger partial charge in [0.25, 0.3) is 0 Å². The Bertz CT molecular complexity index is 547. The molecular formula is C18H25N3O. The van der Waals surface area contributed by atoms with Gasteiger partial charge in [-0.2, -0.15) is 0 Å². The average Bonchev–Trinajstić information content (AvgIpc) is 3.21. The number of guanidine groups is 1. The molecule has 1 N–H and O–H groups in total. The molecule has 0 aromatic heterocycles. The van der Waals surface area contributed by atoms with Crippen LogP contribution < -0.4 is 10.1 Å². The van der Waals surface area contributed by atoms with Crippen molar-refractivity contribution >= 4 is 5.96 Å². The first-order chi connectivity index (χ1) is 10.9. The molecule has 0 amide bonds. The van der Waals surface area contributed by atoms with Crippen molar-refractivity contribution in [2.45, 2.75) is 38.1 Å². The molecule has 0 bridgehead atoms. The molecule has 0 radical (unpaired) electrons. The van der Waals surface area contributed by atoms with E-state index in [0.29, 0.717) is 12.0 Å². The minimum absolute atomic E-state index is 0.494. The number of para-hydroxylation sites is 1. The largest absolute Gasteiger partial charge is 0.493 e. The van der Waals surface area contributed by atoms with Crippen LogP contribution in [0.1, 0.15) is 31.2 Å². The molecule has 1 aromatic carbocycles. The Labute approximate surface area is 132 Å². The van der Waals surface area contributed by atoms with Crippen LogP contribution in [0.4, 0.5) is 0 Å². The maximum atomic E-state index is 5.88.